The average Bonchev–Trinajstić information content (AvgIpc) is 2.96. The van der Waals surface area contributed by atoms with Crippen molar-refractivity contribution in [3.63, 3.8) is 0 Å². The first-order valence-electron chi connectivity index (χ1n) is 7.07. The van der Waals surface area contributed by atoms with Crippen molar-refractivity contribution >= 4 is 11.8 Å². The molecule has 3 rings (SSSR count). The standard InChI is InChI=1S/C14H17F2N3O3/c1-9-10(22-8-17-9)11(20)19-6-13(5-14(15,16)7-19)3-4-18(2)12(13)21/h8H,3-7H2,1-2H3/t13-/m0/s1. The van der Waals surface area contributed by atoms with E-state index in [0.29, 0.717) is 18.7 Å². The van der Waals surface area contributed by atoms with Gasteiger partial charge in [-0.2, -0.15) is 0 Å². The number of rotatable bonds is 1. The lowest BCUT2D eigenvalue weighted by molar-refractivity contribution is -0.150. The third-order valence-electron chi connectivity index (χ3n) is 4.47. The van der Waals surface area contributed by atoms with Gasteiger partial charge in [0.1, 0.15) is 0 Å². The van der Waals surface area contributed by atoms with Gasteiger partial charge in [0.2, 0.25) is 11.7 Å². The van der Waals surface area contributed by atoms with Crippen molar-refractivity contribution in [1.82, 2.24) is 14.8 Å². The van der Waals surface area contributed by atoms with E-state index in [0.717, 1.165) is 11.3 Å². The fourth-order valence-corrected chi connectivity index (χ4v) is 3.41. The van der Waals surface area contributed by atoms with Crippen LogP contribution in [-0.2, 0) is 4.79 Å². The molecular weight excluding hydrogens is 296 g/mol. The Bertz CT molecular complexity index is 631. The van der Waals surface area contributed by atoms with Crippen LogP contribution in [0.3, 0.4) is 0 Å². The average molecular weight is 313 g/mol. The summed E-state index contributed by atoms with van der Waals surface area (Å²) in [7, 11) is 1.59. The maximum atomic E-state index is 14.1. The minimum atomic E-state index is -3.09. The Hall–Kier alpha value is -1.99. The summed E-state index contributed by atoms with van der Waals surface area (Å²) in [5.41, 5.74) is -0.845. The molecule has 8 heteroatoms. The number of aromatic nitrogens is 1. The van der Waals surface area contributed by atoms with E-state index in [4.69, 9.17) is 4.42 Å². The van der Waals surface area contributed by atoms with Gasteiger partial charge < -0.3 is 14.2 Å². The number of piperidine rings is 1. The minimum Gasteiger partial charge on any atom is -0.438 e. The Morgan fingerprint density at radius 1 is 1.41 bits per heavy atom. The number of alkyl halides is 2. The van der Waals surface area contributed by atoms with Crippen molar-refractivity contribution in [1.29, 1.82) is 0 Å². The Kier molecular flexibility index (Phi) is 3.23. The predicted molar refractivity (Wildman–Crippen MR) is 71.4 cm³/mol. The van der Waals surface area contributed by atoms with Crippen LogP contribution in [0.1, 0.15) is 29.1 Å². The summed E-state index contributed by atoms with van der Waals surface area (Å²) in [6.45, 7) is 1.29. The van der Waals surface area contributed by atoms with Crippen LogP contribution in [-0.4, -0.2) is 59.2 Å². The van der Waals surface area contributed by atoms with Gasteiger partial charge in [0.15, 0.2) is 6.39 Å². The molecule has 0 aromatic carbocycles. The number of halogens is 2. The molecule has 120 valence electrons. The third-order valence-corrected chi connectivity index (χ3v) is 4.47. The number of hydrogen-bond acceptors (Lipinski definition) is 4. The fourth-order valence-electron chi connectivity index (χ4n) is 3.41. The minimum absolute atomic E-state index is 0.00919. The summed E-state index contributed by atoms with van der Waals surface area (Å²) in [6, 6.07) is 0. The zero-order valence-electron chi connectivity index (χ0n) is 12.4. The molecule has 0 N–H and O–H groups in total. The quantitative estimate of drug-likeness (QED) is 0.784. The second-order valence-corrected chi connectivity index (χ2v) is 6.22. The molecule has 2 aliphatic rings. The molecule has 1 aromatic heterocycles. The normalized spacial score (nSPS) is 27.7. The van der Waals surface area contributed by atoms with E-state index in [-0.39, 0.29) is 18.2 Å². The van der Waals surface area contributed by atoms with Crippen molar-refractivity contribution in [3.8, 4) is 0 Å². The van der Waals surface area contributed by atoms with Crippen LogP contribution in [0.25, 0.3) is 0 Å². The van der Waals surface area contributed by atoms with E-state index >= 15 is 0 Å². The third kappa shape index (κ3) is 2.26. The lowest BCUT2D eigenvalue weighted by atomic mass is 9.77. The number of carbonyl (C=O) groups is 2. The Morgan fingerprint density at radius 2 is 2.14 bits per heavy atom. The van der Waals surface area contributed by atoms with Crippen molar-refractivity contribution in [3.05, 3.63) is 17.8 Å². The van der Waals surface area contributed by atoms with E-state index in [2.05, 4.69) is 4.98 Å². The summed E-state index contributed by atoms with van der Waals surface area (Å²) in [5.74, 6) is -4.11. The molecule has 0 radical (unpaired) electrons. The molecule has 0 aliphatic carbocycles. The maximum absolute atomic E-state index is 14.1. The predicted octanol–water partition coefficient (Wildman–Crippen LogP) is 1.31. The van der Waals surface area contributed by atoms with E-state index in [9.17, 15) is 18.4 Å². The van der Waals surface area contributed by atoms with E-state index in [1.807, 2.05) is 0 Å². The molecule has 3 heterocycles. The Labute approximate surface area is 126 Å². The second-order valence-electron chi connectivity index (χ2n) is 6.22. The van der Waals surface area contributed by atoms with E-state index in [1.54, 1.807) is 14.0 Å². The van der Waals surface area contributed by atoms with Crippen LogP contribution in [0.15, 0.2) is 10.8 Å². The highest BCUT2D eigenvalue weighted by atomic mass is 19.3. The first-order valence-corrected chi connectivity index (χ1v) is 7.07. The molecule has 22 heavy (non-hydrogen) atoms. The van der Waals surface area contributed by atoms with Crippen LogP contribution < -0.4 is 0 Å². The maximum Gasteiger partial charge on any atom is 0.291 e. The van der Waals surface area contributed by atoms with Gasteiger partial charge >= 0.3 is 0 Å². The van der Waals surface area contributed by atoms with Crippen LogP contribution in [0, 0.1) is 12.3 Å². The highest BCUT2D eigenvalue weighted by molar-refractivity contribution is 5.93. The number of oxazole rings is 1. The van der Waals surface area contributed by atoms with Crippen molar-refractivity contribution in [2.75, 3.05) is 26.7 Å². The fraction of sp³-hybridized carbons (Fsp3) is 0.643. The van der Waals surface area contributed by atoms with Gasteiger partial charge in [-0.25, -0.2) is 13.8 Å². The molecule has 2 aliphatic heterocycles. The van der Waals surface area contributed by atoms with Gasteiger partial charge in [0.25, 0.3) is 11.8 Å². The number of amides is 2. The molecule has 1 aromatic rings. The van der Waals surface area contributed by atoms with Gasteiger partial charge in [0, 0.05) is 26.6 Å². The molecule has 2 fully saturated rings. The number of likely N-dealkylation sites (tertiary alicyclic amines) is 2. The number of nitrogens with zero attached hydrogens (tertiary/aromatic N) is 3. The van der Waals surface area contributed by atoms with Crippen LogP contribution >= 0.6 is 0 Å². The molecule has 0 bridgehead atoms. The molecule has 6 nitrogen and oxygen atoms in total. The van der Waals surface area contributed by atoms with E-state index in [1.165, 1.54) is 4.90 Å². The summed E-state index contributed by atoms with van der Waals surface area (Å²) < 4.78 is 33.3. The molecule has 1 atom stereocenters. The summed E-state index contributed by atoms with van der Waals surface area (Å²) in [4.78, 5) is 31.0. The first-order chi connectivity index (χ1) is 10.2. The van der Waals surface area contributed by atoms with Gasteiger partial charge in [-0.1, -0.05) is 0 Å². The Morgan fingerprint density at radius 3 is 2.68 bits per heavy atom. The van der Waals surface area contributed by atoms with Crippen molar-refractivity contribution in [2.45, 2.75) is 25.7 Å². The zero-order valence-corrected chi connectivity index (χ0v) is 12.4. The molecule has 2 saturated heterocycles. The number of aryl methyl sites for hydroxylation is 1. The summed E-state index contributed by atoms with van der Waals surface area (Å²) in [6.07, 6.45) is 0.925. The summed E-state index contributed by atoms with van der Waals surface area (Å²) in [5, 5.41) is 0. The van der Waals surface area contributed by atoms with Gasteiger partial charge in [-0.3, -0.25) is 9.59 Å². The lowest BCUT2D eigenvalue weighted by Crippen LogP contribution is -2.57. The highest BCUT2D eigenvalue weighted by Crippen LogP contribution is 2.45. The Balaban J connectivity index is 1.91. The zero-order chi connectivity index (χ0) is 16.1. The molecule has 0 saturated carbocycles. The monoisotopic (exact) mass is 313 g/mol. The van der Waals surface area contributed by atoms with Crippen LogP contribution in [0.4, 0.5) is 8.78 Å². The molecule has 2 amide bonds. The highest BCUT2D eigenvalue weighted by Gasteiger charge is 2.57. The second kappa shape index (κ2) is 4.76. The largest absolute Gasteiger partial charge is 0.438 e. The molecular formula is C14H17F2N3O3. The summed E-state index contributed by atoms with van der Waals surface area (Å²) >= 11 is 0. The van der Waals surface area contributed by atoms with Crippen LogP contribution in [0.5, 0.6) is 0 Å². The smallest absolute Gasteiger partial charge is 0.291 e. The van der Waals surface area contributed by atoms with Gasteiger partial charge in [-0.15, -0.1) is 0 Å². The van der Waals surface area contributed by atoms with Gasteiger partial charge in [0.05, 0.1) is 17.7 Å². The molecule has 1 spiro atoms. The number of carbonyl (C=O) groups excluding carboxylic acids is 2. The van der Waals surface area contributed by atoms with E-state index < -0.39 is 30.2 Å². The van der Waals surface area contributed by atoms with Crippen LogP contribution in [0.2, 0.25) is 0 Å². The number of hydrogen-bond donors (Lipinski definition) is 0. The SMILES string of the molecule is Cc1ncoc1C(=O)N1CC(F)(F)C[C@@]2(CCN(C)C2=O)C1. The lowest BCUT2D eigenvalue weighted by Gasteiger charge is -2.42. The topological polar surface area (TPSA) is 66.7 Å². The van der Waals surface area contributed by atoms with Crippen molar-refractivity contribution in [2.24, 2.45) is 5.41 Å². The van der Waals surface area contributed by atoms with Crippen molar-refractivity contribution < 1.29 is 22.8 Å². The molecule has 0 unspecified atom stereocenters. The van der Waals surface area contributed by atoms with Gasteiger partial charge in [-0.05, 0) is 13.3 Å². The first kappa shape index (κ1) is 14.9.